The van der Waals surface area contributed by atoms with Crippen LogP contribution in [0, 0.1) is 6.92 Å². The van der Waals surface area contributed by atoms with Crippen molar-refractivity contribution >= 4 is 34.3 Å². The van der Waals surface area contributed by atoms with Crippen LogP contribution in [0.1, 0.15) is 33.3 Å². The molecule has 0 radical (unpaired) electrons. The number of halogens is 1. The fraction of sp³-hybridized carbons (Fsp3) is 0.125. The van der Waals surface area contributed by atoms with Crippen molar-refractivity contribution in [2.75, 3.05) is 12.0 Å². The van der Waals surface area contributed by atoms with E-state index in [1.54, 1.807) is 55.8 Å². The lowest BCUT2D eigenvalue weighted by Gasteiger charge is -2.24. The number of carbonyl (C=O) groups excluding carboxylic acids is 1. The molecule has 0 fully saturated rings. The molecule has 0 saturated carbocycles. The number of aryl methyl sites for hydroxylation is 1. The molecule has 0 unspecified atom stereocenters. The normalized spacial score (nSPS) is 15.4. The van der Waals surface area contributed by atoms with Gasteiger partial charge in [0.05, 0.1) is 24.1 Å². The van der Waals surface area contributed by atoms with E-state index in [2.05, 4.69) is 4.98 Å². The van der Waals surface area contributed by atoms with E-state index in [0.717, 1.165) is 5.56 Å². The first-order valence-corrected chi connectivity index (χ1v) is 10.0. The number of pyridine rings is 1. The first-order valence-electron chi connectivity index (χ1n) is 9.65. The van der Waals surface area contributed by atoms with Crippen LogP contribution in [0.4, 0.5) is 5.82 Å². The fourth-order valence-corrected chi connectivity index (χ4v) is 4.12. The molecule has 7 heteroatoms. The van der Waals surface area contributed by atoms with Gasteiger partial charge in [-0.25, -0.2) is 4.98 Å². The number of amides is 1. The van der Waals surface area contributed by atoms with Crippen LogP contribution in [0.5, 0.6) is 5.75 Å². The average molecular weight is 433 g/mol. The van der Waals surface area contributed by atoms with Gasteiger partial charge >= 0.3 is 0 Å². The maximum Gasteiger partial charge on any atom is 0.296 e. The van der Waals surface area contributed by atoms with Gasteiger partial charge in [0.25, 0.3) is 5.91 Å². The lowest BCUT2D eigenvalue weighted by atomic mass is 9.98. The number of hydrogen-bond donors (Lipinski definition) is 0. The Hall–Kier alpha value is -3.64. The highest BCUT2D eigenvalue weighted by molar-refractivity contribution is 6.32. The topological polar surface area (TPSA) is 72.6 Å². The van der Waals surface area contributed by atoms with E-state index >= 15 is 0 Å². The number of fused-ring (bicyclic) bond motifs is 2. The van der Waals surface area contributed by atoms with Crippen molar-refractivity contribution in [3.63, 3.8) is 0 Å². The highest BCUT2D eigenvalue weighted by Gasteiger charge is 2.44. The van der Waals surface area contributed by atoms with Crippen molar-refractivity contribution in [1.29, 1.82) is 0 Å². The lowest BCUT2D eigenvalue weighted by Crippen LogP contribution is -2.30. The summed E-state index contributed by atoms with van der Waals surface area (Å²) in [5.74, 6) is 0.624. The Morgan fingerprint density at radius 1 is 1.10 bits per heavy atom. The molecular weight excluding hydrogens is 416 g/mol. The van der Waals surface area contributed by atoms with Crippen LogP contribution in [0.25, 0.3) is 11.0 Å². The van der Waals surface area contributed by atoms with Gasteiger partial charge in [-0.1, -0.05) is 29.8 Å². The molecule has 1 aliphatic rings. The summed E-state index contributed by atoms with van der Waals surface area (Å²) < 4.78 is 11.3. The van der Waals surface area contributed by atoms with Crippen molar-refractivity contribution in [2.24, 2.45) is 0 Å². The summed E-state index contributed by atoms with van der Waals surface area (Å²) in [6, 6.07) is 15.1. The third-order valence-electron chi connectivity index (χ3n) is 5.46. The molecule has 4 aromatic rings. The molecule has 154 valence electrons. The molecule has 5 rings (SSSR count). The first kappa shape index (κ1) is 19.3. The highest BCUT2D eigenvalue weighted by Crippen LogP contribution is 2.41. The Morgan fingerprint density at radius 2 is 1.94 bits per heavy atom. The number of carbonyl (C=O) groups is 1. The standard InChI is InChI=1S/C24H17ClN2O4/c1-13-10-18-16(12-17(13)25)22(28)20-21(14-6-5-7-15(11-14)30-2)27(24(29)23(20)31-18)19-8-3-4-9-26-19/h3-12,21H,1-2H3/t21-/m0/s1. The Balaban J connectivity index is 1.83. The molecule has 0 aliphatic carbocycles. The number of rotatable bonds is 3. The van der Waals surface area contributed by atoms with Gasteiger partial charge in [-0.05, 0) is 54.4 Å². The number of aromatic nitrogens is 1. The van der Waals surface area contributed by atoms with Crippen LogP contribution < -0.4 is 15.1 Å². The molecule has 1 aliphatic heterocycles. The van der Waals surface area contributed by atoms with Gasteiger partial charge in [-0.3, -0.25) is 14.5 Å². The molecule has 0 N–H and O–H groups in total. The van der Waals surface area contributed by atoms with Crippen LogP contribution in [-0.4, -0.2) is 18.0 Å². The van der Waals surface area contributed by atoms with Crippen LogP contribution in [0.3, 0.4) is 0 Å². The maximum absolute atomic E-state index is 13.6. The summed E-state index contributed by atoms with van der Waals surface area (Å²) in [7, 11) is 1.57. The number of ether oxygens (including phenoxy) is 1. The molecule has 6 nitrogen and oxygen atoms in total. The summed E-state index contributed by atoms with van der Waals surface area (Å²) in [5, 5.41) is 0.793. The molecule has 31 heavy (non-hydrogen) atoms. The van der Waals surface area contributed by atoms with Gasteiger partial charge in [0.2, 0.25) is 5.76 Å². The SMILES string of the molecule is COc1cccc([C@H]2c3c(oc4cc(C)c(Cl)cc4c3=O)C(=O)N2c2ccccn2)c1. The van der Waals surface area contributed by atoms with Gasteiger partial charge in [0.15, 0.2) is 5.43 Å². The van der Waals surface area contributed by atoms with E-state index in [0.29, 0.717) is 33.1 Å². The quantitative estimate of drug-likeness (QED) is 0.460. The van der Waals surface area contributed by atoms with E-state index in [-0.39, 0.29) is 16.8 Å². The second-order valence-corrected chi connectivity index (χ2v) is 7.72. The Bertz CT molecular complexity index is 1400. The monoisotopic (exact) mass is 432 g/mol. The highest BCUT2D eigenvalue weighted by atomic mass is 35.5. The first-order chi connectivity index (χ1) is 15.0. The van der Waals surface area contributed by atoms with Crippen molar-refractivity contribution < 1.29 is 13.9 Å². The molecule has 2 aromatic carbocycles. The molecule has 1 amide bonds. The van der Waals surface area contributed by atoms with E-state index in [4.69, 9.17) is 20.8 Å². The summed E-state index contributed by atoms with van der Waals surface area (Å²) in [6.45, 7) is 1.82. The van der Waals surface area contributed by atoms with Crippen molar-refractivity contribution in [3.05, 3.63) is 98.5 Å². The zero-order valence-corrected chi connectivity index (χ0v) is 17.5. The summed E-state index contributed by atoms with van der Waals surface area (Å²) >= 11 is 6.27. The summed E-state index contributed by atoms with van der Waals surface area (Å²) in [4.78, 5) is 32.9. The van der Waals surface area contributed by atoms with Crippen LogP contribution in [0.15, 0.2) is 70.0 Å². The lowest BCUT2D eigenvalue weighted by molar-refractivity contribution is 0.0970. The van der Waals surface area contributed by atoms with Crippen molar-refractivity contribution in [1.82, 2.24) is 4.98 Å². The minimum Gasteiger partial charge on any atom is -0.497 e. The maximum atomic E-state index is 13.6. The smallest absolute Gasteiger partial charge is 0.296 e. The van der Waals surface area contributed by atoms with Crippen LogP contribution in [-0.2, 0) is 0 Å². The molecule has 3 heterocycles. The van der Waals surface area contributed by atoms with Gasteiger partial charge in [-0.2, -0.15) is 0 Å². The fourth-order valence-electron chi connectivity index (χ4n) is 3.95. The number of anilines is 1. The molecule has 0 bridgehead atoms. The minimum atomic E-state index is -0.715. The van der Waals surface area contributed by atoms with Gasteiger partial charge < -0.3 is 9.15 Å². The molecule has 2 aromatic heterocycles. The third-order valence-corrected chi connectivity index (χ3v) is 5.86. The van der Waals surface area contributed by atoms with E-state index < -0.39 is 11.9 Å². The summed E-state index contributed by atoms with van der Waals surface area (Å²) in [6.07, 6.45) is 1.60. The van der Waals surface area contributed by atoms with Crippen molar-refractivity contribution in [3.8, 4) is 5.75 Å². The van der Waals surface area contributed by atoms with Crippen LogP contribution in [0.2, 0.25) is 5.02 Å². The zero-order chi connectivity index (χ0) is 21.7. The van der Waals surface area contributed by atoms with E-state index in [1.807, 2.05) is 19.1 Å². The Labute approximate surface area is 182 Å². The zero-order valence-electron chi connectivity index (χ0n) is 16.8. The molecule has 0 saturated heterocycles. The number of benzene rings is 2. The number of methoxy groups -OCH3 is 1. The second-order valence-electron chi connectivity index (χ2n) is 7.31. The minimum absolute atomic E-state index is 0.0118. The van der Waals surface area contributed by atoms with Gasteiger partial charge in [0.1, 0.15) is 17.2 Å². The Kier molecular flexibility index (Phi) is 4.52. The van der Waals surface area contributed by atoms with Gasteiger partial charge in [0, 0.05) is 11.2 Å². The largest absolute Gasteiger partial charge is 0.497 e. The average Bonchev–Trinajstić information content (AvgIpc) is 3.08. The molecule has 0 spiro atoms. The number of nitrogens with zero attached hydrogens (tertiary/aromatic N) is 2. The van der Waals surface area contributed by atoms with E-state index in [9.17, 15) is 9.59 Å². The predicted molar refractivity (Wildman–Crippen MR) is 118 cm³/mol. The molecule has 1 atom stereocenters. The second kappa shape index (κ2) is 7.25. The van der Waals surface area contributed by atoms with E-state index in [1.165, 1.54) is 4.90 Å². The predicted octanol–water partition coefficient (Wildman–Crippen LogP) is 4.91. The van der Waals surface area contributed by atoms with Crippen LogP contribution >= 0.6 is 11.6 Å². The third kappa shape index (κ3) is 2.99. The summed E-state index contributed by atoms with van der Waals surface area (Å²) in [5.41, 5.74) is 1.76. The molecular formula is C24H17ClN2O4. The Morgan fingerprint density at radius 3 is 2.68 bits per heavy atom. The van der Waals surface area contributed by atoms with Crippen molar-refractivity contribution in [2.45, 2.75) is 13.0 Å². The van der Waals surface area contributed by atoms with Gasteiger partial charge in [-0.15, -0.1) is 0 Å². The number of hydrogen-bond acceptors (Lipinski definition) is 5.